The van der Waals surface area contributed by atoms with Crippen molar-refractivity contribution >= 4 is 5.95 Å². The minimum Gasteiger partial charge on any atom is -0.341 e. The Morgan fingerprint density at radius 2 is 2.31 bits per heavy atom. The molecule has 1 aliphatic heterocycles. The van der Waals surface area contributed by atoms with Crippen molar-refractivity contribution in [2.45, 2.75) is 32.7 Å². The molecule has 2 N–H and O–H groups in total. The van der Waals surface area contributed by atoms with Crippen molar-refractivity contribution in [3.63, 3.8) is 0 Å². The number of aromatic nitrogens is 2. The van der Waals surface area contributed by atoms with Crippen molar-refractivity contribution in [2.75, 3.05) is 18.0 Å². The Balaban J connectivity index is 2.15. The molecule has 4 heteroatoms. The van der Waals surface area contributed by atoms with Gasteiger partial charge in [0.2, 0.25) is 5.95 Å². The summed E-state index contributed by atoms with van der Waals surface area (Å²) >= 11 is 0. The van der Waals surface area contributed by atoms with Gasteiger partial charge in [0.1, 0.15) is 0 Å². The third-order valence-electron chi connectivity index (χ3n) is 3.56. The van der Waals surface area contributed by atoms with Gasteiger partial charge in [0.25, 0.3) is 0 Å². The highest BCUT2D eigenvalue weighted by Gasteiger charge is 2.25. The molecule has 2 unspecified atom stereocenters. The molecule has 0 amide bonds. The van der Waals surface area contributed by atoms with Crippen molar-refractivity contribution in [1.82, 2.24) is 9.55 Å². The molecule has 0 spiro atoms. The molecular formula is C12H22N4. The van der Waals surface area contributed by atoms with E-state index in [1.807, 2.05) is 0 Å². The van der Waals surface area contributed by atoms with E-state index in [0.29, 0.717) is 5.92 Å². The smallest absolute Gasteiger partial charge is 0.205 e. The fourth-order valence-electron chi connectivity index (χ4n) is 2.26. The third-order valence-corrected chi connectivity index (χ3v) is 3.56. The Labute approximate surface area is 97.4 Å². The maximum atomic E-state index is 6.12. The number of aryl methyl sites for hydroxylation is 2. The van der Waals surface area contributed by atoms with Crippen LogP contribution in [0.1, 0.15) is 26.0 Å². The normalized spacial score (nSPS) is 26.1. The van der Waals surface area contributed by atoms with Gasteiger partial charge in [-0.15, -0.1) is 0 Å². The summed E-state index contributed by atoms with van der Waals surface area (Å²) in [5.41, 5.74) is 7.27. The van der Waals surface area contributed by atoms with Crippen LogP contribution in [-0.2, 0) is 13.5 Å². The van der Waals surface area contributed by atoms with Crippen LogP contribution in [0, 0.1) is 5.92 Å². The Kier molecular flexibility index (Phi) is 3.19. The summed E-state index contributed by atoms with van der Waals surface area (Å²) < 4.78 is 2.11. The minimum atomic E-state index is 0.274. The van der Waals surface area contributed by atoms with Crippen LogP contribution in [0.3, 0.4) is 0 Å². The summed E-state index contributed by atoms with van der Waals surface area (Å²) in [5, 5.41) is 0. The van der Waals surface area contributed by atoms with Gasteiger partial charge in [0.15, 0.2) is 0 Å². The lowest BCUT2D eigenvalue weighted by atomic mass is 9.94. The highest BCUT2D eigenvalue weighted by molar-refractivity contribution is 5.34. The SMILES string of the molecule is CCc1cn(C)c(N2CCC(C)C(N)C2)n1. The standard InChI is InChI=1S/C12H22N4/c1-4-10-7-15(3)12(14-10)16-6-5-9(2)11(13)8-16/h7,9,11H,4-6,8,13H2,1-3H3. The predicted molar refractivity (Wildman–Crippen MR) is 66.6 cm³/mol. The third kappa shape index (κ3) is 2.07. The molecule has 0 aromatic carbocycles. The van der Waals surface area contributed by atoms with Gasteiger partial charge in [-0.05, 0) is 18.8 Å². The lowest BCUT2D eigenvalue weighted by molar-refractivity contribution is 0.375. The van der Waals surface area contributed by atoms with Crippen molar-refractivity contribution < 1.29 is 0 Å². The lowest BCUT2D eigenvalue weighted by Gasteiger charge is -2.35. The van der Waals surface area contributed by atoms with Crippen LogP contribution in [0.5, 0.6) is 0 Å². The second-order valence-corrected chi connectivity index (χ2v) is 4.87. The first-order chi connectivity index (χ1) is 7.61. The molecule has 4 nitrogen and oxygen atoms in total. The summed E-state index contributed by atoms with van der Waals surface area (Å²) in [6, 6.07) is 0.274. The topological polar surface area (TPSA) is 47.1 Å². The Hall–Kier alpha value is -1.03. The number of hydrogen-bond donors (Lipinski definition) is 1. The van der Waals surface area contributed by atoms with Crippen molar-refractivity contribution in [3.8, 4) is 0 Å². The molecule has 16 heavy (non-hydrogen) atoms. The number of anilines is 1. The highest BCUT2D eigenvalue weighted by Crippen LogP contribution is 2.21. The molecule has 1 aromatic heterocycles. The van der Waals surface area contributed by atoms with Crippen LogP contribution < -0.4 is 10.6 Å². The summed E-state index contributed by atoms with van der Waals surface area (Å²) in [6.07, 6.45) is 4.26. The van der Waals surface area contributed by atoms with E-state index in [1.54, 1.807) is 0 Å². The monoisotopic (exact) mass is 222 g/mol. The Bertz CT molecular complexity index is 358. The number of imidazole rings is 1. The van der Waals surface area contributed by atoms with Crippen molar-refractivity contribution in [1.29, 1.82) is 0 Å². The van der Waals surface area contributed by atoms with Gasteiger partial charge in [-0.3, -0.25) is 0 Å². The zero-order chi connectivity index (χ0) is 11.7. The largest absolute Gasteiger partial charge is 0.341 e. The molecule has 0 aliphatic carbocycles. The van der Waals surface area contributed by atoms with E-state index in [9.17, 15) is 0 Å². The van der Waals surface area contributed by atoms with Gasteiger partial charge < -0.3 is 15.2 Å². The molecule has 1 saturated heterocycles. The van der Waals surface area contributed by atoms with E-state index < -0.39 is 0 Å². The zero-order valence-electron chi connectivity index (χ0n) is 10.5. The molecule has 0 bridgehead atoms. The van der Waals surface area contributed by atoms with Gasteiger partial charge in [-0.1, -0.05) is 13.8 Å². The molecule has 2 atom stereocenters. The van der Waals surface area contributed by atoms with E-state index in [-0.39, 0.29) is 6.04 Å². The van der Waals surface area contributed by atoms with Crippen LogP contribution in [0.2, 0.25) is 0 Å². The highest BCUT2D eigenvalue weighted by atomic mass is 15.3. The summed E-state index contributed by atoms with van der Waals surface area (Å²) in [5.74, 6) is 1.70. The van der Waals surface area contributed by atoms with Gasteiger partial charge in [0, 0.05) is 32.4 Å². The molecule has 2 heterocycles. The lowest BCUT2D eigenvalue weighted by Crippen LogP contribution is -2.48. The maximum Gasteiger partial charge on any atom is 0.205 e. The predicted octanol–water partition coefficient (Wildman–Crippen LogP) is 1.16. The Morgan fingerprint density at radius 1 is 1.56 bits per heavy atom. The number of rotatable bonds is 2. The Morgan fingerprint density at radius 3 is 2.88 bits per heavy atom. The van der Waals surface area contributed by atoms with E-state index >= 15 is 0 Å². The summed E-state index contributed by atoms with van der Waals surface area (Å²) in [7, 11) is 2.06. The van der Waals surface area contributed by atoms with Gasteiger partial charge in [0.05, 0.1) is 5.69 Å². The first kappa shape index (κ1) is 11.5. The molecule has 1 fully saturated rings. The van der Waals surface area contributed by atoms with E-state index in [4.69, 9.17) is 5.73 Å². The molecule has 1 aromatic rings. The molecule has 2 rings (SSSR count). The van der Waals surface area contributed by atoms with Crippen LogP contribution >= 0.6 is 0 Å². The molecule has 0 saturated carbocycles. The maximum absolute atomic E-state index is 6.12. The van der Waals surface area contributed by atoms with E-state index in [1.165, 1.54) is 0 Å². The molecular weight excluding hydrogens is 200 g/mol. The number of nitrogens with two attached hydrogens (primary N) is 1. The average molecular weight is 222 g/mol. The summed E-state index contributed by atoms with van der Waals surface area (Å²) in [4.78, 5) is 6.95. The second-order valence-electron chi connectivity index (χ2n) is 4.87. The summed E-state index contributed by atoms with van der Waals surface area (Å²) in [6.45, 7) is 6.37. The molecule has 0 radical (unpaired) electrons. The van der Waals surface area contributed by atoms with Crippen LogP contribution in [-0.4, -0.2) is 28.7 Å². The zero-order valence-corrected chi connectivity index (χ0v) is 10.5. The quantitative estimate of drug-likeness (QED) is 0.816. The van der Waals surface area contributed by atoms with Crippen molar-refractivity contribution in [2.24, 2.45) is 18.7 Å². The number of hydrogen-bond acceptors (Lipinski definition) is 3. The number of piperidine rings is 1. The first-order valence-corrected chi connectivity index (χ1v) is 6.14. The van der Waals surface area contributed by atoms with Crippen LogP contribution in [0.4, 0.5) is 5.95 Å². The number of nitrogens with zero attached hydrogens (tertiary/aromatic N) is 3. The van der Waals surface area contributed by atoms with Crippen LogP contribution in [0.25, 0.3) is 0 Å². The molecule has 1 aliphatic rings. The fourth-order valence-corrected chi connectivity index (χ4v) is 2.26. The first-order valence-electron chi connectivity index (χ1n) is 6.14. The van der Waals surface area contributed by atoms with Gasteiger partial charge in [-0.2, -0.15) is 0 Å². The second kappa shape index (κ2) is 4.45. The van der Waals surface area contributed by atoms with Gasteiger partial charge in [-0.25, -0.2) is 4.98 Å². The van der Waals surface area contributed by atoms with Gasteiger partial charge >= 0.3 is 0 Å². The van der Waals surface area contributed by atoms with E-state index in [2.05, 4.69) is 41.5 Å². The fraction of sp³-hybridized carbons (Fsp3) is 0.750. The van der Waals surface area contributed by atoms with Crippen LogP contribution in [0.15, 0.2) is 6.20 Å². The average Bonchev–Trinajstić information content (AvgIpc) is 2.64. The van der Waals surface area contributed by atoms with Crippen molar-refractivity contribution in [3.05, 3.63) is 11.9 Å². The molecule has 90 valence electrons. The minimum absolute atomic E-state index is 0.274. The van der Waals surface area contributed by atoms with E-state index in [0.717, 1.165) is 37.6 Å².